The van der Waals surface area contributed by atoms with Crippen molar-refractivity contribution in [2.75, 3.05) is 13.1 Å². The van der Waals surface area contributed by atoms with Crippen molar-refractivity contribution in [2.24, 2.45) is 11.8 Å². The number of hydrogen-bond donors (Lipinski definition) is 2. The minimum absolute atomic E-state index is 0.00174. The monoisotopic (exact) mass is 337 g/mol. The van der Waals surface area contributed by atoms with Crippen LogP contribution in [0.5, 0.6) is 0 Å². The first-order chi connectivity index (χ1) is 11.0. The summed E-state index contributed by atoms with van der Waals surface area (Å²) in [5, 5.41) is 13.7. The number of rotatable bonds is 5. The van der Waals surface area contributed by atoms with Crippen molar-refractivity contribution in [1.29, 1.82) is 0 Å². The molecule has 1 saturated heterocycles. The van der Waals surface area contributed by atoms with Crippen LogP contribution in [0.15, 0.2) is 5.38 Å². The number of carboxylic acids is 1. The van der Waals surface area contributed by atoms with E-state index in [2.05, 4.69) is 10.3 Å². The Labute approximate surface area is 137 Å². The predicted octanol–water partition coefficient (Wildman–Crippen LogP) is 1.11. The third-order valence-electron chi connectivity index (χ3n) is 4.22. The number of nitrogens with zero attached hydrogens (tertiary/aromatic N) is 2. The molecule has 23 heavy (non-hydrogen) atoms. The first kappa shape index (κ1) is 15.9. The van der Waals surface area contributed by atoms with Gasteiger partial charge in [0.2, 0.25) is 11.8 Å². The summed E-state index contributed by atoms with van der Waals surface area (Å²) >= 11 is 1.21. The van der Waals surface area contributed by atoms with Crippen molar-refractivity contribution in [3.63, 3.8) is 0 Å². The average Bonchev–Trinajstić information content (AvgIpc) is 3.29. The van der Waals surface area contributed by atoms with Gasteiger partial charge in [-0.25, -0.2) is 9.78 Å². The lowest BCUT2D eigenvalue weighted by Crippen LogP contribution is -2.45. The molecule has 1 aliphatic heterocycles. The Hall–Kier alpha value is -1.96. The van der Waals surface area contributed by atoms with E-state index in [1.807, 2.05) is 4.90 Å². The average molecular weight is 337 g/mol. The van der Waals surface area contributed by atoms with E-state index in [1.165, 1.54) is 16.7 Å². The Bertz CT molecular complexity index is 626. The van der Waals surface area contributed by atoms with Crippen LogP contribution in [-0.2, 0) is 16.1 Å². The molecule has 0 spiro atoms. The molecule has 7 nitrogen and oxygen atoms in total. The number of likely N-dealkylation sites (tertiary alicyclic amines) is 1. The normalized spacial score (nSPS) is 21.0. The van der Waals surface area contributed by atoms with Gasteiger partial charge in [0, 0.05) is 24.4 Å². The number of nitrogens with one attached hydrogen (secondary N) is 1. The van der Waals surface area contributed by atoms with Crippen molar-refractivity contribution in [3.8, 4) is 0 Å². The highest BCUT2D eigenvalue weighted by atomic mass is 32.1. The maximum atomic E-state index is 12.3. The quantitative estimate of drug-likeness (QED) is 0.838. The van der Waals surface area contributed by atoms with Gasteiger partial charge in [-0.1, -0.05) is 0 Å². The topological polar surface area (TPSA) is 99.6 Å². The van der Waals surface area contributed by atoms with Gasteiger partial charge >= 0.3 is 5.97 Å². The van der Waals surface area contributed by atoms with Crippen LogP contribution in [0.2, 0.25) is 0 Å². The van der Waals surface area contributed by atoms with Crippen LogP contribution in [0.4, 0.5) is 0 Å². The van der Waals surface area contributed by atoms with E-state index in [9.17, 15) is 14.4 Å². The number of carbonyl (C=O) groups is 3. The first-order valence-corrected chi connectivity index (χ1v) is 8.66. The standard InChI is InChI=1S/C15H19N3O4S/c19-13(16-6-12-17-11(8-23-12)15(21)22)10-2-1-5-18(7-10)14(20)9-3-4-9/h8-10H,1-7H2,(H,16,19)(H,21,22). The van der Waals surface area contributed by atoms with Crippen LogP contribution in [0.3, 0.4) is 0 Å². The van der Waals surface area contributed by atoms with Crippen molar-refractivity contribution < 1.29 is 19.5 Å². The summed E-state index contributed by atoms with van der Waals surface area (Å²) in [6.07, 6.45) is 3.57. The first-order valence-electron chi connectivity index (χ1n) is 7.79. The number of piperidine rings is 1. The van der Waals surface area contributed by atoms with E-state index in [4.69, 9.17) is 5.11 Å². The lowest BCUT2D eigenvalue weighted by atomic mass is 9.96. The Morgan fingerprint density at radius 1 is 1.30 bits per heavy atom. The summed E-state index contributed by atoms with van der Waals surface area (Å²) in [4.78, 5) is 40.9. The van der Waals surface area contributed by atoms with Crippen LogP contribution in [0.25, 0.3) is 0 Å². The molecule has 0 radical (unpaired) electrons. The second-order valence-electron chi connectivity index (χ2n) is 6.05. The van der Waals surface area contributed by atoms with Crippen molar-refractivity contribution in [2.45, 2.75) is 32.2 Å². The summed E-state index contributed by atoms with van der Waals surface area (Å²) in [5.74, 6) is -0.980. The van der Waals surface area contributed by atoms with Gasteiger partial charge in [-0.15, -0.1) is 11.3 Å². The summed E-state index contributed by atoms with van der Waals surface area (Å²) in [6.45, 7) is 1.46. The summed E-state index contributed by atoms with van der Waals surface area (Å²) in [5.41, 5.74) is -0.00174. The van der Waals surface area contributed by atoms with Crippen LogP contribution in [-0.4, -0.2) is 45.9 Å². The second-order valence-corrected chi connectivity index (χ2v) is 6.99. The van der Waals surface area contributed by atoms with Gasteiger partial charge in [0.1, 0.15) is 5.01 Å². The molecule has 1 aliphatic carbocycles. The van der Waals surface area contributed by atoms with Gasteiger partial charge < -0.3 is 15.3 Å². The highest BCUT2D eigenvalue weighted by molar-refractivity contribution is 7.09. The van der Waals surface area contributed by atoms with Gasteiger partial charge in [0.15, 0.2) is 5.69 Å². The van der Waals surface area contributed by atoms with E-state index in [1.54, 1.807) is 0 Å². The van der Waals surface area contributed by atoms with Crippen molar-refractivity contribution in [3.05, 3.63) is 16.1 Å². The zero-order valence-corrected chi connectivity index (χ0v) is 13.5. The molecule has 3 rings (SSSR count). The highest BCUT2D eigenvalue weighted by Gasteiger charge is 2.36. The summed E-state index contributed by atoms with van der Waals surface area (Å²) < 4.78 is 0. The molecule has 2 fully saturated rings. The zero-order chi connectivity index (χ0) is 16.4. The minimum Gasteiger partial charge on any atom is -0.476 e. The number of amides is 2. The van der Waals surface area contributed by atoms with E-state index >= 15 is 0 Å². The number of thiazole rings is 1. The fourth-order valence-electron chi connectivity index (χ4n) is 2.78. The van der Waals surface area contributed by atoms with E-state index in [-0.39, 0.29) is 35.9 Å². The maximum absolute atomic E-state index is 12.3. The van der Waals surface area contributed by atoms with Gasteiger partial charge in [-0.05, 0) is 25.7 Å². The molecule has 1 saturated carbocycles. The molecule has 124 valence electrons. The van der Waals surface area contributed by atoms with E-state index in [0.717, 1.165) is 32.2 Å². The summed E-state index contributed by atoms with van der Waals surface area (Å²) in [6, 6.07) is 0. The molecule has 0 aromatic carbocycles. The molecule has 2 N–H and O–H groups in total. The number of aromatic carboxylic acids is 1. The van der Waals surface area contributed by atoms with Gasteiger partial charge in [0.25, 0.3) is 0 Å². The predicted molar refractivity (Wildman–Crippen MR) is 82.9 cm³/mol. The molecule has 2 heterocycles. The zero-order valence-electron chi connectivity index (χ0n) is 12.7. The molecule has 1 aromatic rings. The summed E-state index contributed by atoms with van der Waals surface area (Å²) in [7, 11) is 0. The van der Waals surface area contributed by atoms with Crippen LogP contribution in [0.1, 0.15) is 41.2 Å². The van der Waals surface area contributed by atoms with Crippen molar-refractivity contribution >= 4 is 29.1 Å². The van der Waals surface area contributed by atoms with E-state index in [0.29, 0.717) is 11.6 Å². The minimum atomic E-state index is -1.07. The van der Waals surface area contributed by atoms with Crippen LogP contribution in [0, 0.1) is 11.8 Å². The fourth-order valence-corrected chi connectivity index (χ4v) is 3.48. The fraction of sp³-hybridized carbons (Fsp3) is 0.600. The Balaban J connectivity index is 1.50. The molecule has 2 amide bonds. The smallest absolute Gasteiger partial charge is 0.355 e. The molecular weight excluding hydrogens is 318 g/mol. The second kappa shape index (κ2) is 6.66. The molecular formula is C15H19N3O4S. The number of carbonyl (C=O) groups excluding carboxylic acids is 2. The molecule has 8 heteroatoms. The Morgan fingerprint density at radius 3 is 2.74 bits per heavy atom. The van der Waals surface area contributed by atoms with Gasteiger partial charge in [0.05, 0.1) is 12.5 Å². The number of carboxylic acid groups (broad SMARTS) is 1. The van der Waals surface area contributed by atoms with E-state index < -0.39 is 5.97 Å². The third-order valence-corrected chi connectivity index (χ3v) is 5.06. The largest absolute Gasteiger partial charge is 0.476 e. The number of hydrogen-bond acceptors (Lipinski definition) is 5. The van der Waals surface area contributed by atoms with Crippen LogP contribution < -0.4 is 5.32 Å². The number of aromatic nitrogens is 1. The Kier molecular flexibility index (Phi) is 4.61. The molecule has 1 unspecified atom stereocenters. The molecule has 2 aliphatic rings. The van der Waals surface area contributed by atoms with Gasteiger partial charge in [-0.2, -0.15) is 0 Å². The lowest BCUT2D eigenvalue weighted by Gasteiger charge is -2.32. The molecule has 0 bridgehead atoms. The SMILES string of the molecule is O=C(O)c1csc(CNC(=O)C2CCCN(C(=O)C3CC3)C2)n1. The van der Waals surface area contributed by atoms with Gasteiger partial charge in [-0.3, -0.25) is 9.59 Å². The molecule has 1 atom stereocenters. The van der Waals surface area contributed by atoms with Crippen molar-refractivity contribution in [1.82, 2.24) is 15.2 Å². The highest BCUT2D eigenvalue weighted by Crippen LogP contribution is 2.32. The Morgan fingerprint density at radius 2 is 2.09 bits per heavy atom. The van der Waals surface area contributed by atoms with Crippen LogP contribution >= 0.6 is 11.3 Å². The third kappa shape index (κ3) is 3.87. The lowest BCUT2D eigenvalue weighted by molar-refractivity contribution is -0.136. The maximum Gasteiger partial charge on any atom is 0.355 e. The molecule has 1 aromatic heterocycles.